The van der Waals surface area contributed by atoms with E-state index in [2.05, 4.69) is 27.9 Å². The molecule has 2 aromatic heterocycles. The molecule has 2 heterocycles. The Bertz CT molecular complexity index is 1850. The summed E-state index contributed by atoms with van der Waals surface area (Å²) in [5, 5.41) is 21.4. The van der Waals surface area contributed by atoms with E-state index in [1.165, 1.54) is 0 Å². The molecule has 0 saturated heterocycles. The third-order valence-corrected chi connectivity index (χ3v) is 6.99. The number of rotatable bonds is 8. The molecule has 0 unspecified atom stereocenters. The van der Waals surface area contributed by atoms with Gasteiger partial charge in [0.1, 0.15) is 19.4 Å². The van der Waals surface area contributed by atoms with Gasteiger partial charge < -0.3 is 15.7 Å². The number of amides is 1. The Morgan fingerprint density at radius 1 is 0.854 bits per heavy atom. The minimum absolute atomic E-state index is 0.142. The van der Waals surface area contributed by atoms with Gasteiger partial charge in [-0.25, -0.2) is 4.98 Å². The van der Waals surface area contributed by atoms with Gasteiger partial charge >= 0.3 is 0 Å². The predicted molar refractivity (Wildman–Crippen MR) is 166 cm³/mol. The molecule has 0 aliphatic heterocycles. The van der Waals surface area contributed by atoms with Crippen LogP contribution in [0.3, 0.4) is 0 Å². The molecule has 0 saturated carbocycles. The highest BCUT2D eigenvalue weighted by Crippen LogP contribution is 2.29. The minimum atomic E-state index is -0.142. The van der Waals surface area contributed by atoms with Crippen molar-refractivity contribution in [3.8, 4) is 17.0 Å². The second-order valence-electron chi connectivity index (χ2n) is 9.93. The zero-order valence-electron chi connectivity index (χ0n) is 22.6. The summed E-state index contributed by atoms with van der Waals surface area (Å²) in [6.07, 6.45) is 2.46. The van der Waals surface area contributed by atoms with Crippen molar-refractivity contribution in [1.82, 2.24) is 14.6 Å². The summed E-state index contributed by atoms with van der Waals surface area (Å²) in [6, 6.07) is 34.7. The van der Waals surface area contributed by atoms with Crippen LogP contribution in [-0.4, -0.2) is 33.5 Å². The van der Waals surface area contributed by atoms with Gasteiger partial charge in [0.05, 0.1) is 5.69 Å². The van der Waals surface area contributed by atoms with Crippen molar-refractivity contribution < 1.29 is 9.90 Å². The van der Waals surface area contributed by atoms with E-state index in [9.17, 15) is 9.90 Å². The maximum Gasteiger partial charge on any atom is 0.255 e. The van der Waals surface area contributed by atoms with E-state index in [0.29, 0.717) is 41.1 Å². The lowest BCUT2D eigenvalue weighted by molar-refractivity contribution is 0.102. The fourth-order valence-corrected chi connectivity index (χ4v) is 4.89. The quantitative estimate of drug-likeness (QED) is 0.243. The molecule has 0 aliphatic carbocycles. The molecule has 6 rings (SSSR count). The third kappa shape index (κ3) is 5.67. The normalized spacial score (nSPS) is 10.9. The summed E-state index contributed by atoms with van der Waals surface area (Å²) in [4.78, 5) is 18.0. The van der Waals surface area contributed by atoms with Gasteiger partial charge in [-0.3, -0.25) is 4.79 Å². The van der Waals surface area contributed by atoms with Crippen LogP contribution in [0, 0.1) is 0 Å². The lowest BCUT2D eigenvalue weighted by atomic mass is 9.99. The molecule has 8 heteroatoms. The van der Waals surface area contributed by atoms with E-state index in [0.717, 1.165) is 28.0 Å². The Hall–Kier alpha value is -5.37. The van der Waals surface area contributed by atoms with E-state index >= 15 is 0 Å². The maximum absolute atomic E-state index is 13.3. The van der Waals surface area contributed by atoms with Crippen LogP contribution in [0.5, 0.6) is 5.75 Å². The van der Waals surface area contributed by atoms with Crippen LogP contribution in [-0.2, 0) is 13.0 Å². The largest absolute Gasteiger partial charge is 0.507 e. The highest BCUT2D eigenvalue weighted by atomic mass is 16.3. The Kier molecular flexibility index (Phi) is 7.20. The molecule has 6 aromatic rings. The lowest BCUT2D eigenvalue weighted by Crippen LogP contribution is -2.15. The van der Waals surface area contributed by atoms with Gasteiger partial charge in [-0.1, -0.05) is 72.8 Å². The van der Waals surface area contributed by atoms with Gasteiger partial charge in [0.2, 0.25) is 0 Å². The Balaban J connectivity index is 1.21. The summed E-state index contributed by atoms with van der Waals surface area (Å²) >= 11 is 0. The zero-order chi connectivity index (χ0) is 28.2. The first-order valence-corrected chi connectivity index (χ1v) is 13.4. The fraction of sp³-hybridized carbons (Fsp3) is 0.0606. The molecule has 0 aliphatic rings. The number of aromatic hydroxyl groups is 1. The first kappa shape index (κ1) is 25.9. The second-order valence-corrected chi connectivity index (χ2v) is 9.93. The van der Waals surface area contributed by atoms with Gasteiger partial charge in [-0.15, -0.1) is 0 Å². The van der Waals surface area contributed by atoms with Crippen LogP contribution in [0.2, 0.25) is 0 Å². The number of nitrogens with zero attached hydrogens (tertiary/aromatic N) is 3. The van der Waals surface area contributed by atoms with Crippen molar-refractivity contribution in [2.24, 2.45) is 0 Å². The van der Waals surface area contributed by atoms with Gasteiger partial charge in [0.25, 0.3) is 5.91 Å². The molecule has 7 nitrogen and oxygen atoms in total. The van der Waals surface area contributed by atoms with Gasteiger partial charge in [0.15, 0.2) is 5.65 Å². The summed E-state index contributed by atoms with van der Waals surface area (Å²) in [5.74, 6) is 0.767. The molecule has 0 atom stereocenters. The number of nitrogens with one attached hydrogen (secondary N) is 2. The number of anilines is 2. The molecule has 4 aromatic carbocycles. The first-order valence-electron chi connectivity index (χ1n) is 13.4. The summed E-state index contributed by atoms with van der Waals surface area (Å²) in [7, 11) is 1.96. The highest BCUT2D eigenvalue weighted by Gasteiger charge is 2.14. The van der Waals surface area contributed by atoms with Crippen LogP contribution in [0.1, 0.15) is 27.0 Å². The SMILES string of the molecule is Bc1cnn2c(NCc3cccc(NC(=O)c4ccccc4Cc4ccccc4)c3)cc(-c3ccccc3O)nc12. The van der Waals surface area contributed by atoms with Crippen molar-refractivity contribution in [2.45, 2.75) is 13.0 Å². The number of hydrogen-bond donors (Lipinski definition) is 3. The van der Waals surface area contributed by atoms with E-state index < -0.39 is 0 Å². The van der Waals surface area contributed by atoms with E-state index in [1.807, 2.05) is 92.8 Å². The standard InChI is InChI=1S/C33H28BN5O2/c34-28-21-36-39-31(19-29(38-32(28)39)27-15-6-7-16-30(27)40)35-20-23-11-8-13-25(18-23)37-33(41)26-14-5-4-12-24(26)17-22-9-2-1-3-10-22/h1-16,18-19,21,35,40H,17,20,34H2,(H,37,41). The number of carbonyl (C=O) groups is 1. The molecule has 0 fully saturated rings. The number of carbonyl (C=O) groups excluding carboxylic acids is 1. The van der Waals surface area contributed by atoms with Crippen molar-refractivity contribution in [3.63, 3.8) is 0 Å². The Morgan fingerprint density at radius 3 is 2.46 bits per heavy atom. The summed E-state index contributed by atoms with van der Waals surface area (Å²) < 4.78 is 1.76. The topological polar surface area (TPSA) is 91.5 Å². The number of hydrogen-bond acceptors (Lipinski definition) is 5. The molecule has 1 amide bonds. The van der Waals surface area contributed by atoms with Gasteiger partial charge in [-0.05, 0) is 58.9 Å². The number of fused-ring (bicyclic) bond motifs is 1. The zero-order valence-corrected chi connectivity index (χ0v) is 22.6. The third-order valence-electron chi connectivity index (χ3n) is 6.99. The first-order chi connectivity index (χ1) is 20.0. The molecule has 0 radical (unpaired) electrons. The van der Waals surface area contributed by atoms with Crippen LogP contribution in [0.15, 0.2) is 115 Å². The lowest BCUT2D eigenvalue weighted by Gasteiger charge is -2.13. The monoisotopic (exact) mass is 537 g/mol. The van der Waals surface area contributed by atoms with Crippen LogP contribution >= 0.6 is 0 Å². The molecule has 0 bridgehead atoms. The Morgan fingerprint density at radius 2 is 1.61 bits per heavy atom. The summed E-state index contributed by atoms with van der Waals surface area (Å²) in [5.41, 5.74) is 7.44. The number of phenolic OH excluding ortho intramolecular Hbond substituents is 1. The molecule has 200 valence electrons. The van der Waals surface area contributed by atoms with Crippen LogP contribution in [0.4, 0.5) is 11.5 Å². The molecule has 41 heavy (non-hydrogen) atoms. The molecular formula is C33H28BN5O2. The van der Waals surface area contributed by atoms with Gasteiger partial charge in [-0.2, -0.15) is 9.61 Å². The van der Waals surface area contributed by atoms with Crippen LogP contribution in [0.25, 0.3) is 16.9 Å². The van der Waals surface area contributed by atoms with E-state index in [-0.39, 0.29) is 11.7 Å². The smallest absolute Gasteiger partial charge is 0.255 e. The highest BCUT2D eigenvalue weighted by molar-refractivity contribution is 6.36. The maximum atomic E-state index is 13.3. The minimum Gasteiger partial charge on any atom is -0.507 e. The molecule has 3 N–H and O–H groups in total. The number of phenols is 1. The van der Waals surface area contributed by atoms with Crippen molar-refractivity contribution >= 4 is 36.4 Å². The van der Waals surface area contributed by atoms with Crippen molar-refractivity contribution in [2.75, 3.05) is 10.6 Å². The van der Waals surface area contributed by atoms with Crippen LogP contribution < -0.4 is 16.1 Å². The second kappa shape index (κ2) is 11.4. The van der Waals surface area contributed by atoms with Crippen molar-refractivity contribution in [3.05, 3.63) is 138 Å². The number of para-hydroxylation sites is 1. The Labute approximate surface area is 238 Å². The summed E-state index contributed by atoms with van der Waals surface area (Å²) in [6.45, 7) is 0.493. The number of benzene rings is 4. The average Bonchev–Trinajstić information content (AvgIpc) is 3.37. The molecular weight excluding hydrogens is 509 g/mol. The number of aromatic nitrogens is 3. The predicted octanol–water partition coefficient (Wildman–Crippen LogP) is 4.82. The fourth-order valence-electron chi connectivity index (χ4n) is 4.89. The average molecular weight is 537 g/mol. The van der Waals surface area contributed by atoms with Gasteiger partial charge in [0, 0.05) is 35.6 Å². The van der Waals surface area contributed by atoms with E-state index in [4.69, 9.17) is 4.98 Å². The van der Waals surface area contributed by atoms with E-state index in [1.54, 1.807) is 22.8 Å². The molecule has 0 spiro atoms. The van der Waals surface area contributed by atoms with Crippen molar-refractivity contribution in [1.29, 1.82) is 0 Å².